The Kier molecular flexibility index (Phi) is 5.22. The molecule has 0 spiro atoms. The number of methoxy groups -OCH3 is 1. The van der Waals surface area contributed by atoms with E-state index < -0.39 is 34.4 Å². The Labute approximate surface area is 115 Å². The molecular weight excluding hydrogens is 290 g/mol. The van der Waals surface area contributed by atoms with Gasteiger partial charge in [-0.05, 0) is 6.92 Å². The fourth-order valence-electron chi connectivity index (χ4n) is 1.33. The Hall–Kier alpha value is -1.94. The first kappa shape index (κ1) is 16.1. The highest BCUT2D eigenvalue weighted by Crippen LogP contribution is 2.08. The molecule has 0 aliphatic rings. The average molecular weight is 305 g/mol. The molecule has 0 saturated heterocycles. The topological polar surface area (TPSA) is 128 Å². The highest BCUT2D eigenvalue weighted by molar-refractivity contribution is 7.89. The molecule has 0 amide bonds. The molecule has 1 aromatic rings. The number of carboxylic acids is 1. The van der Waals surface area contributed by atoms with Gasteiger partial charge in [0.15, 0.2) is 5.03 Å². The zero-order valence-electron chi connectivity index (χ0n) is 10.9. The summed E-state index contributed by atoms with van der Waals surface area (Å²) in [5.74, 6) is -2.31. The van der Waals surface area contributed by atoms with Crippen molar-refractivity contribution in [3.05, 3.63) is 12.5 Å². The van der Waals surface area contributed by atoms with E-state index in [1.807, 2.05) is 4.72 Å². The van der Waals surface area contributed by atoms with Gasteiger partial charge < -0.3 is 14.4 Å². The van der Waals surface area contributed by atoms with Gasteiger partial charge in [-0.1, -0.05) is 0 Å². The van der Waals surface area contributed by atoms with Crippen molar-refractivity contribution in [1.82, 2.24) is 14.3 Å². The van der Waals surface area contributed by atoms with Crippen LogP contribution in [0, 0.1) is 0 Å². The summed E-state index contributed by atoms with van der Waals surface area (Å²) in [6, 6.07) is -1.61. The van der Waals surface area contributed by atoms with Crippen LogP contribution in [0.25, 0.3) is 0 Å². The lowest BCUT2D eigenvalue weighted by Gasteiger charge is -2.12. The van der Waals surface area contributed by atoms with Crippen LogP contribution in [0.5, 0.6) is 0 Å². The first-order valence-corrected chi connectivity index (χ1v) is 7.12. The van der Waals surface area contributed by atoms with Gasteiger partial charge in [0.25, 0.3) is 10.0 Å². The van der Waals surface area contributed by atoms with E-state index in [9.17, 15) is 18.0 Å². The molecule has 0 aliphatic carbocycles. The highest BCUT2D eigenvalue weighted by atomic mass is 32.2. The summed E-state index contributed by atoms with van der Waals surface area (Å²) < 4.78 is 31.6. The molecule has 0 fully saturated rings. The first-order valence-electron chi connectivity index (χ1n) is 5.64. The lowest BCUT2D eigenvalue weighted by molar-refractivity contribution is -0.147. The molecule has 10 heteroatoms. The number of esters is 1. The molecule has 1 atom stereocenters. The van der Waals surface area contributed by atoms with Gasteiger partial charge in [-0.2, -0.15) is 4.72 Å². The summed E-state index contributed by atoms with van der Waals surface area (Å²) in [5, 5.41) is 8.61. The number of aryl methyl sites for hydroxylation is 1. The minimum Gasteiger partial charge on any atom is -0.480 e. The lowest BCUT2D eigenvalue weighted by Crippen LogP contribution is -2.42. The average Bonchev–Trinajstić information content (AvgIpc) is 2.86. The molecule has 1 rings (SSSR count). The van der Waals surface area contributed by atoms with Crippen molar-refractivity contribution in [3.63, 3.8) is 0 Å². The molecule has 0 aliphatic heterocycles. The standard InChI is InChI=1S/C10H15N3O6S/c1-3-13-5-8(11-6-13)20(17,18)12-7(10(15)16)4-9(14)19-2/h5-7,12H,3-4H2,1-2H3,(H,15,16)/t7-/m0/s1. The van der Waals surface area contributed by atoms with Crippen LogP contribution in [0.2, 0.25) is 0 Å². The first-order chi connectivity index (χ1) is 9.30. The highest BCUT2D eigenvalue weighted by Gasteiger charge is 2.29. The molecular formula is C10H15N3O6S. The monoisotopic (exact) mass is 305 g/mol. The Morgan fingerprint density at radius 1 is 1.55 bits per heavy atom. The number of nitrogens with one attached hydrogen (secondary N) is 1. The SMILES string of the molecule is CCn1cnc(S(=O)(=O)N[C@@H](CC(=O)OC)C(=O)O)c1. The summed E-state index contributed by atoms with van der Waals surface area (Å²) in [4.78, 5) is 25.7. The number of carboxylic acid groups (broad SMARTS) is 1. The van der Waals surface area contributed by atoms with Crippen molar-refractivity contribution in [1.29, 1.82) is 0 Å². The van der Waals surface area contributed by atoms with E-state index in [2.05, 4.69) is 9.72 Å². The van der Waals surface area contributed by atoms with Crippen molar-refractivity contribution in [3.8, 4) is 0 Å². The molecule has 0 unspecified atom stereocenters. The molecule has 0 radical (unpaired) electrons. The zero-order chi connectivity index (χ0) is 15.3. The van der Waals surface area contributed by atoms with Crippen LogP contribution >= 0.6 is 0 Å². The molecule has 20 heavy (non-hydrogen) atoms. The second kappa shape index (κ2) is 6.48. The third-order valence-electron chi connectivity index (χ3n) is 2.44. The number of imidazole rings is 1. The molecule has 9 nitrogen and oxygen atoms in total. The Morgan fingerprint density at radius 3 is 2.65 bits per heavy atom. The molecule has 2 N–H and O–H groups in total. The number of sulfonamides is 1. The predicted molar refractivity (Wildman–Crippen MR) is 66.3 cm³/mol. The van der Waals surface area contributed by atoms with Crippen LogP contribution in [-0.4, -0.2) is 48.2 Å². The number of nitrogens with zero attached hydrogens (tertiary/aromatic N) is 2. The van der Waals surface area contributed by atoms with E-state index in [-0.39, 0.29) is 5.03 Å². The predicted octanol–water partition coefficient (Wildman–Crippen LogP) is -0.802. The Balaban J connectivity index is 2.91. The molecule has 112 valence electrons. The number of hydrogen-bond acceptors (Lipinski definition) is 6. The summed E-state index contributed by atoms with van der Waals surface area (Å²) >= 11 is 0. The number of ether oxygens (including phenoxy) is 1. The van der Waals surface area contributed by atoms with E-state index >= 15 is 0 Å². The molecule has 0 bridgehead atoms. The van der Waals surface area contributed by atoms with Crippen LogP contribution in [0.15, 0.2) is 17.6 Å². The number of carbonyl (C=O) groups excluding carboxylic acids is 1. The fraction of sp³-hybridized carbons (Fsp3) is 0.500. The van der Waals surface area contributed by atoms with Crippen LogP contribution < -0.4 is 4.72 Å². The fourth-order valence-corrected chi connectivity index (χ4v) is 2.47. The van der Waals surface area contributed by atoms with Gasteiger partial charge >= 0.3 is 11.9 Å². The van der Waals surface area contributed by atoms with Gasteiger partial charge in [0.2, 0.25) is 0 Å². The van der Waals surface area contributed by atoms with Gasteiger partial charge in [-0.3, -0.25) is 9.59 Å². The van der Waals surface area contributed by atoms with Gasteiger partial charge in [0, 0.05) is 12.7 Å². The Bertz CT molecular complexity index is 594. The third kappa shape index (κ3) is 4.03. The van der Waals surface area contributed by atoms with Crippen molar-refractivity contribution < 1.29 is 27.9 Å². The van der Waals surface area contributed by atoms with E-state index in [0.29, 0.717) is 6.54 Å². The normalized spacial score (nSPS) is 12.9. The van der Waals surface area contributed by atoms with Crippen LogP contribution in [0.1, 0.15) is 13.3 Å². The van der Waals surface area contributed by atoms with Gasteiger partial charge in [0.1, 0.15) is 6.04 Å². The van der Waals surface area contributed by atoms with E-state index in [0.717, 1.165) is 7.11 Å². The molecule has 0 saturated carbocycles. The summed E-state index contributed by atoms with van der Waals surface area (Å²) in [6.45, 7) is 2.32. The minimum absolute atomic E-state index is 0.310. The number of carbonyl (C=O) groups is 2. The van der Waals surface area contributed by atoms with E-state index in [1.54, 1.807) is 6.92 Å². The Morgan fingerprint density at radius 2 is 2.20 bits per heavy atom. The van der Waals surface area contributed by atoms with Crippen molar-refractivity contribution in [2.45, 2.75) is 31.0 Å². The second-order valence-electron chi connectivity index (χ2n) is 3.83. The number of aliphatic carboxylic acids is 1. The lowest BCUT2D eigenvalue weighted by atomic mass is 10.2. The van der Waals surface area contributed by atoms with Crippen LogP contribution in [0.3, 0.4) is 0 Å². The second-order valence-corrected chi connectivity index (χ2v) is 5.50. The van der Waals surface area contributed by atoms with Crippen molar-refractivity contribution in [2.24, 2.45) is 0 Å². The summed E-state index contributed by atoms with van der Waals surface area (Å²) in [5.41, 5.74) is 0. The maximum atomic E-state index is 11.9. The summed E-state index contributed by atoms with van der Waals surface area (Å²) in [6.07, 6.45) is 1.96. The maximum absolute atomic E-state index is 11.9. The minimum atomic E-state index is -4.12. The van der Waals surface area contributed by atoms with Crippen LogP contribution in [0.4, 0.5) is 0 Å². The zero-order valence-corrected chi connectivity index (χ0v) is 11.8. The largest absolute Gasteiger partial charge is 0.480 e. The van der Waals surface area contributed by atoms with Crippen molar-refractivity contribution in [2.75, 3.05) is 7.11 Å². The molecule has 0 aromatic carbocycles. The number of rotatable bonds is 7. The molecule has 1 aromatic heterocycles. The van der Waals surface area contributed by atoms with Gasteiger partial charge in [-0.15, -0.1) is 0 Å². The maximum Gasteiger partial charge on any atom is 0.322 e. The quantitative estimate of drug-likeness (QED) is 0.631. The van der Waals surface area contributed by atoms with Crippen molar-refractivity contribution >= 4 is 22.0 Å². The van der Waals surface area contributed by atoms with Gasteiger partial charge in [0.05, 0.1) is 19.9 Å². The van der Waals surface area contributed by atoms with Gasteiger partial charge in [-0.25, -0.2) is 13.4 Å². The smallest absolute Gasteiger partial charge is 0.322 e. The van der Waals surface area contributed by atoms with E-state index in [4.69, 9.17) is 5.11 Å². The number of hydrogen-bond donors (Lipinski definition) is 2. The third-order valence-corrected chi connectivity index (χ3v) is 3.80. The van der Waals surface area contributed by atoms with Crippen LogP contribution in [-0.2, 0) is 30.9 Å². The number of aromatic nitrogens is 2. The molecule has 1 heterocycles. The summed E-state index contributed by atoms with van der Waals surface area (Å²) in [7, 11) is -3.04. The van der Waals surface area contributed by atoms with E-state index in [1.165, 1.54) is 17.1 Å².